The van der Waals surface area contributed by atoms with Crippen LogP contribution in [0.5, 0.6) is 0 Å². The SMILES string of the molecule is CCOC(=O)C1CCCN(C(=O)CCN(C(=O)c2ccccc2F)C(C)c2ccccc2)C1. The normalized spacial score (nSPS) is 16.7. The Morgan fingerprint density at radius 3 is 2.52 bits per heavy atom. The van der Waals surface area contributed by atoms with Crippen LogP contribution in [0.15, 0.2) is 54.6 Å². The van der Waals surface area contributed by atoms with Crippen LogP contribution in [0.1, 0.15) is 55.1 Å². The Morgan fingerprint density at radius 2 is 1.82 bits per heavy atom. The van der Waals surface area contributed by atoms with Crippen LogP contribution in [0.3, 0.4) is 0 Å². The van der Waals surface area contributed by atoms with Gasteiger partial charge in [0.15, 0.2) is 0 Å². The quantitative estimate of drug-likeness (QED) is 0.560. The van der Waals surface area contributed by atoms with Crippen LogP contribution in [-0.4, -0.2) is 53.8 Å². The van der Waals surface area contributed by atoms with Crippen molar-refractivity contribution in [2.24, 2.45) is 5.92 Å². The minimum Gasteiger partial charge on any atom is -0.466 e. The third-order valence-electron chi connectivity index (χ3n) is 6.08. The fourth-order valence-corrected chi connectivity index (χ4v) is 4.20. The highest BCUT2D eigenvalue weighted by molar-refractivity contribution is 5.95. The molecule has 1 saturated heterocycles. The molecular formula is C26H31FN2O4. The molecule has 176 valence electrons. The molecule has 6 nitrogen and oxygen atoms in total. The molecule has 0 radical (unpaired) electrons. The zero-order valence-electron chi connectivity index (χ0n) is 19.2. The van der Waals surface area contributed by atoms with Crippen LogP contribution < -0.4 is 0 Å². The van der Waals surface area contributed by atoms with Crippen LogP contribution in [0.25, 0.3) is 0 Å². The molecule has 2 unspecified atom stereocenters. The molecule has 1 aliphatic heterocycles. The molecule has 2 amide bonds. The number of likely N-dealkylation sites (tertiary alicyclic amines) is 1. The summed E-state index contributed by atoms with van der Waals surface area (Å²) in [5, 5.41) is 0. The Morgan fingerprint density at radius 1 is 1.12 bits per heavy atom. The number of hydrogen-bond acceptors (Lipinski definition) is 4. The molecule has 0 aromatic heterocycles. The Bertz CT molecular complexity index is 966. The minimum absolute atomic E-state index is 0.0203. The molecule has 33 heavy (non-hydrogen) atoms. The number of amides is 2. The van der Waals surface area contributed by atoms with E-state index in [0.717, 1.165) is 12.0 Å². The van der Waals surface area contributed by atoms with Gasteiger partial charge in [0.25, 0.3) is 5.91 Å². The zero-order valence-corrected chi connectivity index (χ0v) is 19.2. The van der Waals surface area contributed by atoms with E-state index in [2.05, 4.69) is 0 Å². The number of carbonyl (C=O) groups is 3. The lowest BCUT2D eigenvalue weighted by Crippen LogP contribution is -2.44. The third kappa shape index (κ3) is 6.18. The summed E-state index contributed by atoms with van der Waals surface area (Å²) in [6.07, 6.45) is 1.52. The number of carbonyl (C=O) groups excluding carboxylic acids is 3. The average molecular weight is 455 g/mol. The summed E-state index contributed by atoms with van der Waals surface area (Å²) in [5.74, 6) is -1.77. The highest BCUT2D eigenvalue weighted by Gasteiger charge is 2.31. The smallest absolute Gasteiger partial charge is 0.310 e. The monoisotopic (exact) mass is 454 g/mol. The predicted octanol–water partition coefficient (Wildman–Crippen LogP) is 4.22. The van der Waals surface area contributed by atoms with E-state index in [-0.39, 0.29) is 42.4 Å². The number of nitrogens with zero attached hydrogens (tertiary/aromatic N) is 2. The second kappa shape index (κ2) is 11.6. The number of rotatable bonds is 8. The van der Waals surface area contributed by atoms with Gasteiger partial charge >= 0.3 is 5.97 Å². The van der Waals surface area contributed by atoms with Gasteiger partial charge in [0.1, 0.15) is 5.82 Å². The molecule has 0 bridgehead atoms. The van der Waals surface area contributed by atoms with E-state index in [1.807, 2.05) is 37.3 Å². The largest absolute Gasteiger partial charge is 0.466 e. The lowest BCUT2D eigenvalue weighted by atomic mass is 9.98. The minimum atomic E-state index is -0.590. The Kier molecular flexibility index (Phi) is 8.58. The summed E-state index contributed by atoms with van der Waals surface area (Å²) >= 11 is 0. The Balaban J connectivity index is 1.73. The van der Waals surface area contributed by atoms with Gasteiger partial charge in [-0.2, -0.15) is 0 Å². The molecular weight excluding hydrogens is 423 g/mol. The van der Waals surface area contributed by atoms with Crippen molar-refractivity contribution < 1.29 is 23.5 Å². The molecule has 0 spiro atoms. The van der Waals surface area contributed by atoms with Crippen LogP contribution in [0.2, 0.25) is 0 Å². The summed E-state index contributed by atoms with van der Waals surface area (Å²) in [5.41, 5.74) is 0.878. The van der Waals surface area contributed by atoms with Crippen LogP contribution >= 0.6 is 0 Å². The van der Waals surface area contributed by atoms with E-state index < -0.39 is 11.7 Å². The fourth-order valence-electron chi connectivity index (χ4n) is 4.20. The van der Waals surface area contributed by atoms with Crippen molar-refractivity contribution in [2.45, 2.75) is 39.2 Å². The van der Waals surface area contributed by atoms with Gasteiger partial charge < -0.3 is 14.5 Å². The number of ether oxygens (including phenoxy) is 1. The summed E-state index contributed by atoms with van der Waals surface area (Å²) in [6.45, 7) is 4.99. The van der Waals surface area contributed by atoms with Gasteiger partial charge in [-0.05, 0) is 44.4 Å². The van der Waals surface area contributed by atoms with Gasteiger partial charge in [-0.1, -0.05) is 42.5 Å². The average Bonchev–Trinajstić information content (AvgIpc) is 2.84. The molecule has 1 fully saturated rings. The standard InChI is InChI=1S/C26H31FN2O4/c1-3-33-26(32)21-12-9-16-28(18-21)24(30)15-17-29(19(2)20-10-5-4-6-11-20)25(31)22-13-7-8-14-23(22)27/h4-8,10-11,13-14,19,21H,3,9,12,15-18H2,1-2H3. The van der Waals surface area contributed by atoms with Crippen molar-refractivity contribution in [1.29, 1.82) is 0 Å². The molecule has 2 aromatic carbocycles. The first-order chi connectivity index (χ1) is 15.9. The topological polar surface area (TPSA) is 66.9 Å². The van der Waals surface area contributed by atoms with E-state index >= 15 is 0 Å². The molecule has 2 atom stereocenters. The first-order valence-corrected chi connectivity index (χ1v) is 11.5. The van der Waals surface area contributed by atoms with Gasteiger partial charge in [-0.15, -0.1) is 0 Å². The highest BCUT2D eigenvalue weighted by Crippen LogP contribution is 2.24. The van der Waals surface area contributed by atoms with Crippen molar-refractivity contribution in [3.8, 4) is 0 Å². The molecule has 0 aliphatic carbocycles. The maximum absolute atomic E-state index is 14.4. The van der Waals surface area contributed by atoms with E-state index in [0.29, 0.717) is 26.1 Å². The lowest BCUT2D eigenvalue weighted by Gasteiger charge is -2.33. The molecule has 1 aliphatic rings. The number of hydrogen-bond donors (Lipinski definition) is 0. The van der Waals surface area contributed by atoms with E-state index in [4.69, 9.17) is 4.74 Å². The van der Waals surface area contributed by atoms with Crippen LogP contribution in [0.4, 0.5) is 4.39 Å². The first kappa shape index (κ1) is 24.4. The van der Waals surface area contributed by atoms with E-state index in [1.54, 1.807) is 22.8 Å². The number of benzene rings is 2. The van der Waals surface area contributed by atoms with Crippen molar-refractivity contribution in [3.05, 3.63) is 71.5 Å². The van der Waals surface area contributed by atoms with Crippen molar-refractivity contribution in [3.63, 3.8) is 0 Å². The van der Waals surface area contributed by atoms with Gasteiger partial charge in [0.2, 0.25) is 5.91 Å². The van der Waals surface area contributed by atoms with E-state index in [1.165, 1.54) is 18.2 Å². The fraction of sp³-hybridized carbons (Fsp3) is 0.423. The Hall–Kier alpha value is -3.22. The van der Waals surface area contributed by atoms with Gasteiger partial charge in [0.05, 0.1) is 24.1 Å². The predicted molar refractivity (Wildman–Crippen MR) is 123 cm³/mol. The lowest BCUT2D eigenvalue weighted by molar-refractivity contribution is -0.151. The number of halogens is 1. The molecule has 0 N–H and O–H groups in total. The van der Waals surface area contributed by atoms with Crippen molar-refractivity contribution in [2.75, 3.05) is 26.2 Å². The van der Waals surface area contributed by atoms with E-state index in [9.17, 15) is 18.8 Å². The molecule has 3 rings (SSSR count). The second-order valence-electron chi connectivity index (χ2n) is 8.25. The summed E-state index contributed by atoms with van der Waals surface area (Å²) in [4.78, 5) is 41.6. The molecule has 7 heteroatoms. The third-order valence-corrected chi connectivity index (χ3v) is 6.08. The maximum atomic E-state index is 14.4. The van der Waals surface area contributed by atoms with Crippen LogP contribution in [0, 0.1) is 11.7 Å². The number of esters is 1. The second-order valence-corrected chi connectivity index (χ2v) is 8.25. The van der Waals surface area contributed by atoms with Gasteiger partial charge in [-0.3, -0.25) is 14.4 Å². The summed E-state index contributed by atoms with van der Waals surface area (Å²) in [6, 6.07) is 15.0. The van der Waals surface area contributed by atoms with Gasteiger partial charge in [-0.25, -0.2) is 4.39 Å². The summed E-state index contributed by atoms with van der Waals surface area (Å²) < 4.78 is 19.5. The zero-order chi connectivity index (χ0) is 23.8. The molecule has 0 saturated carbocycles. The summed E-state index contributed by atoms with van der Waals surface area (Å²) in [7, 11) is 0. The van der Waals surface area contributed by atoms with Gasteiger partial charge in [0, 0.05) is 26.1 Å². The highest BCUT2D eigenvalue weighted by atomic mass is 19.1. The molecule has 2 aromatic rings. The number of piperidine rings is 1. The maximum Gasteiger partial charge on any atom is 0.310 e. The van der Waals surface area contributed by atoms with Crippen LogP contribution in [-0.2, 0) is 14.3 Å². The molecule has 1 heterocycles. The van der Waals surface area contributed by atoms with Crippen molar-refractivity contribution in [1.82, 2.24) is 9.80 Å². The van der Waals surface area contributed by atoms with Crippen molar-refractivity contribution >= 4 is 17.8 Å². The first-order valence-electron chi connectivity index (χ1n) is 11.5. The Labute approximate surface area is 194 Å².